The van der Waals surface area contributed by atoms with Crippen molar-refractivity contribution in [3.63, 3.8) is 0 Å². The molecule has 1 N–H and O–H groups in total. The van der Waals surface area contributed by atoms with Gasteiger partial charge in [-0.2, -0.15) is 9.38 Å². The normalized spacial score (nSPS) is 11.0. The van der Waals surface area contributed by atoms with Crippen LogP contribution in [0.5, 0.6) is 0 Å². The van der Waals surface area contributed by atoms with Gasteiger partial charge in [-0.25, -0.2) is 4.98 Å². The lowest BCUT2D eigenvalue weighted by molar-refractivity contribution is -0.393. The van der Waals surface area contributed by atoms with E-state index in [0.29, 0.717) is 15.8 Å². The van der Waals surface area contributed by atoms with Crippen LogP contribution in [-0.2, 0) is 0 Å². The number of nitro groups is 1. The molecule has 3 aromatic heterocycles. The van der Waals surface area contributed by atoms with E-state index in [1.54, 1.807) is 30.6 Å². The molecule has 0 spiro atoms. The number of nitrogens with zero attached hydrogens (tertiary/aromatic N) is 4. The van der Waals surface area contributed by atoms with E-state index < -0.39 is 4.92 Å². The quantitative estimate of drug-likeness (QED) is 0.452. The van der Waals surface area contributed by atoms with Crippen LogP contribution in [-0.4, -0.2) is 24.3 Å². The standard InChI is InChI=1S/C16H11N5O2S/c22-21(23)15-14(19-13-8-4-5-9-20(13)15)24-16-17-10-12(18-16)11-6-2-1-3-7-11/h1-10H,(H,17,18). The highest BCUT2D eigenvalue weighted by atomic mass is 32.2. The Balaban J connectivity index is 1.71. The predicted molar refractivity (Wildman–Crippen MR) is 90.0 cm³/mol. The second-order valence-corrected chi connectivity index (χ2v) is 5.97. The van der Waals surface area contributed by atoms with Crippen LogP contribution >= 0.6 is 11.8 Å². The lowest BCUT2D eigenvalue weighted by atomic mass is 10.2. The number of H-pyrrole nitrogens is 1. The van der Waals surface area contributed by atoms with E-state index in [-0.39, 0.29) is 5.82 Å². The lowest BCUT2D eigenvalue weighted by Crippen LogP contribution is -1.94. The molecule has 0 saturated heterocycles. The number of hydrogen-bond acceptors (Lipinski definition) is 5. The van der Waals surface area contributed by atoms with Gasteiger partial charge in [0.15, 0.2) is 5.16 Å². The van der Waals surface area contributed by atoms with Crippen molar-refractivity contribution in [1.82, 2.24) is 19.4 Å². The summed E-state index contributed by atoms with van der Waals surface area (Å²) < 4.78 is 1.46. The van der Waals surface area contributed by atoms with Gasteiger partial charge < -0.3 is 15.1 Å². The van der Waals surface area contributed by atoms with E-state index in [0.717, 1.165) is 23.0 Å². The number of hydrogen-bond donors (Lipinski definition) is 1. The fourth-order valence-corrected chi connectivity index (χ4v) is 3.26. The summed E-state index contributed by atoms with van der Waals surface area (Å²) in [7, 11) is 0. The number of nitrogens with one attached hydrogen (secondary N) is 1. The number of fused-ring (bicyclic) bond motifs is 1. The molecule has 7 nitrogen and oxygen atoms in total. The molecule has 0 radical (unpaired) electrons. The summed E-state index contributed by atoms with van der Waals surface area (Å²) in [6.07, 6.45) is 3.33. The lowest BCUT2D eigenvalue weighted by Gasteiger charge is -1.97. The Bertz CT molecular complexity index is 1030. The molecular formula is C16H11N5O2S. The molecule has 8 heteroatoms. The summed E-state index contributed by atoms with van der Waals surface area (Å²) in [5.41, 5.74) is 2.38. The van der Waals surface area contributed by atoms with E-state index in [4.69, 9.17) is 0 Å². The van der Waals surface area contributed by atoms with Gasteiger partial charge in [-0.3, -0.25) is 0 Å². The molecule has 0 saturated carbocycles. The molecule has 4 rings (SSSR count). The third-order valence-electron chi connectivity index (χ3n) is 3.48. The minimum atomic E-state index is -0.427. The molecule has 24 heavy (non-hydrogen) atoms. The van der Waals surface area contributed by atoms with Crippen molar-refractivity contribution < 1.29 is 4.92 Å². The Kier molecular flexibility index (Phi) is 3.51. The highest BCUT2D eigenvalue weighted by Crippen LogP contribution is 2.34. The second-order valence-electron chi connectivity index (χ2n) is 5.00. The molecule has 3 heterocycles. The first-order valence-corrected chi connectivity index (χ1v) is 7.94. The highest BCUT2D eigenvalue weighted by molar-refractivity contribution is 7.99. The van der Waals surface area contributed by atoms with Gasteiger partial charge in [0.25, 0.3) is 0 Å². The van der Waals surface area contributed by atoms with Crippen LogP contribution in [0.15, 0.2) is 71.1 Å². The molecular weight excluding hydrogens is 326 g/mol. The monoisotopic (exact) mass is 337 g/mol. The number of imidazole rings is 2. The molecule has 4 aromatic rings. The smallest absolute Gasteiger partial charge is 0.358 e. The second kappa shape index (κ2) is 5.82. The number of pyridine rings is 1. The van der Waals surface area contributed by atoms with Crippen molar-refractivity contribution in [2.75, 3.05) is 0 Å². The first kappa shape index (κ1) is 14.5. The molecule has 0 aliphatic carbocycles. The van der Waals surface area contributed by atoms with Crippen molar-refractivity contribution in [3.8, 4) is 11.3 Å². The molecule has 0 amide bonds. The first-order chi connectivity index (χ1) is 11.7. The predicted octanol–water partition coefficient (Wildman–Crippen LogP) is 3.78. The number of aromatic amines is 1. The molecule has 0 fully saturated rings. The Morgan fingerprint density at radius 1 is 1.12 bits per heavy atom. The van der Waals surface area contributed by atoms with Crippen molar-refractivity contribution in [3.05, 3.63) is 71.0 Å². The molecule has 1 aromatic carbocycles. The summed E-state index contributed by atoms with van der Waals surface area (Å²) in [6.45, 7) is 0. The van der Waals surface area contributed by atoms with Crippen molar-refractivity contribution >= 4 is 23.2 Å². The molecule has 118 valence electrons. The van der Waals surface area contributed by atoms with Gasteiger partial charge in [0.05, 0.1) is 18.1 Å². The van der Waals surface area contributed by atoms with Crippen LogP contribution < -0.4 is 0 Å². The van der Waals surface area contributed by atoms with E-state index >= 15 is 0 Å². The van der Waals surface area contributed by atoms with Crippen LogP contribution in [0, 0.1) is 10.1 Å². The maximum atomic E-state index is 11.4. The van der Waals surface area contributed by atoms with Crippen LogP contribution in [0.1, 0.15) is 0 Å². The van der Waals surface area contributed by atoms with Crippen molar-refractivity contribution in [2.24, 2.45) is 0 Å². The molecule has 0 atom stereocenters. The maximum Gasteiger partial charge on any atom is 0.362 e. The number of rotatable bonds is 4. The van der Waals surface area contributed by atoms with Gasteiger partial charge in [0.1, 0.15) is 0 Å². The molecule has 0 bridgehead atoms. The average molecular weight is 337 g/mol. The van der Waals surface area contributed by atoms with Crippen LogP contribution in [0.4, 0.5) is 5.82 Å². The summed E-state index contributed by atoms with van der Waals surface area (Å²) in [4.78, 5) is 22.8. The van der Waals surface area contributed by atoms with E-state index in [9.17, 15) is 10.1 Å². The zero-order valence-corrected chi connectivity index (χ0v) is 13.1. The number of aromatic nitrogens is 4. The highest BCUT2D eigenvalue weighted by Gasteiger charge is 2.24. The Labute approximate surface area is 140 Å². The fraction of sp³-hybridized carbons (Fsp3) is 0. The van der Waals surface area contributed by atoms with Gasteiger partial charge >= 0.3 is 5.82 Å². The third-order valence-corrected chi connectivity index (χ3v) is 4.35. The van der Waals surface area contributed by atoms with Gasteiger partial charge in [0.2, 0.25) is 10.7 Å². The van der Waals surface area contributed by atoms with Gasteiger partial charge in [0, 0.05) is 6.07 Å². The van der Waals surface area contributed by atoms with Crippen molar-refractivity contribution in [1.29, 1.82) is 0 Å². The fourth-order valence-electron chi connectivity index (χ4n) is 2.41. The third kappa shape index (κ3) is 2.52. The summed E-state index contributed by atoms with van der Waals surface area (Å²) in [5.74, 6) is -0.0618. The minimum absolute atomic E-state index is 0.0618. The van der Waals surface area contributed by atoms with Crippen LogP contribution in [0.25, 0.3) is 16.9 Å². The van der Waals surface area contributed by atoms with Crippen LogP contribution in [0.2, 0.25) is 0 Å². The first-order valence-electron chi connectivity index (χ1n) is 7.12. The topological polar surface area (TPSA) is 89.1 Å². The summed E-state index contributed by atoms with van der Waals surface area (Å²) in [6, 6.07) is 15.0. The zero-order chi connectivity index (χ0) is 16.5. The Hall–Kier alpha value is -3.13. The van der Waals surface area contributed by atoms with E-state index in [1.807, 2.05) is 30.3 Å². The van der Waals surface area contributed by atoms with Gasteiger partial charge in [-0.1, -0.05) is 36.4 Å². The minimum Gasteiger partial charge on any atom is -0.358 e. The van der Waals surface area contributed by atoms with Gasteiger partial charge in [-0.15, -0.1) is 0 Å². The van der Waals surface area contributed by atoms with E-state index in [1.165, 1.54) is 4.40 Å². The maximum absolute atomic E-state index is 11.4. The molecule has 0 aliphatic heterocycles. The largest absolute Gasteiger partial charge is 0.362 e. The molecule has 0 unspecified atom stereocenters. The average Bonchev–Trinajstić information content (AvgIpc) is 3.20. The summed E-state index contributed by atoms with van der Waals surface area (Å²) >= 11 is 1.14. The Morgan fingerprint density at radius 2 is 1.92 bits per heavy atom. The summed E-state index contributed by atoms with van der Waals surface area (Å²) in [5, 5.41) is 12.3. The zero-order valence-electron chi connectivity index (χ0n) is 12.3. The number of benzene rings is 1. The van der Waals surface area contributed by atoms with Crippen molar-refractivity contribution in [2.45, 2.75) is 10.2 Å². The van der Waals surface area contributed by atoms with Crippen LogP contribution in [0.3, 0.4) is 0 Å². The Morgan fingerprint density at radius 3 is 2.71 bits per heavy atom. The molecule has 0 aliphatic rings. The van der Waals surface area contributed by atoms with E-state index in [2.05, 4.69) is 15.0 Å². The SMILES string of the molecule is O=[N+]([O-])c1c(Sc2ncc(-c3ccccc3)[nH]2)nc2ccccn12. The van der Waals surface area contributed by atoms with Gasteiger partial charge in [-0.05, 0) is 28.3 Å².